The van der Waals surface area contributed by atoms with Gasteiger partial charge in [-0.05, 0) is 77.4 Å². The summed E-state index contributed by atoms with van der Waals surface area (Å²) in [6, 6.07) is 21.1. The zero-order valence-corrected chi connectivity index (χ0v) is 24.7. The van der Waals surface area contributed by atoms with E-state index >= 15 is 0 Å². The maximum atomic E-state index is 13.1. The number of carbonyl (C=O) groups excluding carboxylic acids is 2. The molecule has 0 radical (unpaired) electrons. The van der Waals surface area contributed by atoms with E-state index in [4.69, 9.17) is 9.47 Å². The van der Waals surface area contributed by atoms with Crippen LogP contribution in [0.1, 0.15) is 36.9 Å². The Kier molecular flexibility index (Phi) is 8.30. The monoisotopic (exact) mass is 593 g/mol. The summed E-state index contributed by atoms with van der Waals surface area (Å²) in [6.45, 7) is 2.79. The first-order chi connectivity index (χ1) is 21.0. The summed E-state index contributed by atoms with van der Waals surface area (Å²) in [4.78, 5) is 37.5. The summed E-state index contributed by atoms with van der Waals surface area (Å²) in [7, 11) is 3.33. The van der Waals surface area contributed by atoms with Crippen LogP contribution in [0.4, 0.5) is 11.4 Å². The zero-order chi connectivity index (χ0) is 29.8. The normalized spacial score (nSPS) is 12.9. The number of anilines is 2. The van der Waals surface area contributed by atoms with Gasteiger partial charge in [-0.2, -0.15) is 0 Å². The van der Waals surface area contributed by atoms with Crippen molar-refractivity contribution in [3.63, 3.8) is 0 Å². The van der Waals surface area contributed by atoms with Gasteiger partial charge in [-0.1, -0.05) is 24.3 Å². The van der Waals surface area contributed by atoms with Crippen LogP contribution in [-0.4, -0.2) is 54.0 Å². The van der Waals surface area contributed by atoms with Crippen LogP contribution in [0.25, 0.3) is 11.0 Å². The highest BCUT2D eigenvalue weighted by atomic mass is 32.1. The van der Waals surface area contributed by atoms with Gasteiger partial charge >= 0.3 is 0 Å². The van der Waals surface area contributed by atoms with Gasteiger partial charge in [-0.15, -0.1) is 11.3 Å². The number of amides is 2. The Morgan fingerprint density at radius 1 is 0.907 bits per heavy atom. The highest BCUT2D eigenvalue weighted by molar-refractivity contribution is 7.12. The SMILES string of the molecule is COc1cc2c(cc1OC)CN(CCc1ccc(NC(=O)c3sccc3NC(=O)c3cnc4ccccc4n3)cc1)CC2. The van der Waals surface area contributed by atoms with Crippen molar-refractivity contribution < 1.29 is 19.1 Å². The summed E-state index contributed by atoms with van der Waals surface area (Å²) >= 11 is 1.26. The number of rotatable bonds is 9. The number of benzene rings is 3. The second-order valence-corrected chi connectivity index (χ2v) is 11.2. The first-order valence-electron chi connectivity index (χ1n) is 14.0. The fourth-order valence-electron chi connectivity index (χ4n) is 5.20. The number of carbonyl (C=O) groups is 2. The molecule has 0 saturated heterocycles. The van der Waals surface area contributed by atoms with Gasteiger partial charge < -0.3 is 20.1 Å². The van der Waals surface area contributed by atoms with E-state index in [2.05, 4.69) is 37.6 Å². The molecule has 0 aliphatic carbocycles. The van der Waals surface area contributed by atoms with Crippen LogP contribution >= 0.6 is 11.3 Å². The number of para-hydroxylation sites is 2. The summed E-state index contributed by atoms with van der Waals surface area (Å²) in [5.74, 6) is 0.822. The lowest BCUT2D eigenvalue weighted by Gasteiger charge is -2.29. The Balaban J connectivity index is 1.04. The molecule has 43 heavy (non-hydrogen) atoms. The van der Waals surface area contributed by atoms with Crippen molar-refractivity contribution in [2.24, 2.45) is 0 Å². The molecular formula is C33H31N5O4S. The molecule has 3 aromatic carbocycles. The van der Waals surface area contributed by atoms with Gasteiger partial charge in [0.15, 0.2) is 11.5 Å². The largest absolute Gasteiger partial charge is 0.493 e. The van der Waals surface area contributed by atoms with Crippen LogP contribution in [0.5, 0.6) is 11.5 Å². The predicted molar refractivity (Wildman–Crippen MR) is 168 cm³/mol. The van der Waals surface area contributed by atoms with Crippen molar-refractivity contribution >= 4 is 45.6 Å². The van der Waals surface area contributed by atoms with Gasteiger partial charge in [0.05, 0.1) is 37.1 Å². The van der Waals surface area contributed by atoms with E-state index in [1.54, 1.807) is 31.7 Å². The molecule has 0 saturated carbocycles. The van der Waals surface area contributed by atoms with Crippen molar-refractivity contribution in [3.8, 4) is 11.5 Å². The molecule has 218 valence electrons. The first kappa shape index (κ1) is 28.3. The molecule has 1 aliphatic rings. The van der Waals surface area contributed by atoms with E-state index in [0.29, 0.717) is 27.3 Å². The number of nitrogens with one attached hydrogen (secondary N) is 2. The van der Waals surface area contributed by atoms with E-state index in [1.807, 2.05) is 42.5 Å². The number of ether oxygens (including phenoxy) is 2. The number of thiophene rings is 1. The fraction of sp³-hybridized carbons (Fsp3) is 0.212. The third-order valence-corrected chi connectivity index (χ3v) is 8.44. The number of hydrogen-bond donors (Lipinski definition) is 2. The molecular weight excluding hydrogens is 562 g/mol. The molecule has 2 aromatic heterocycles. The van der Waals surface area contributed by atoms with E-state index in [9.17, 15) is 9.59 Å². The Labute approximate surface area is 253 Å². The summed E-state index contributed by atoms with van der Waals surface area (Å²) < 4.78 is 10.9. The minimum atomic E-state index is -0.425. The zero-order valence-electron chi connectivity index (χ0n) is 23.9. The molecule has 3 heterocycles. The maximum Gasteiger partial charge on any atom is 0.275 e. The van der Waals surface area contributed by atoms with Crippen LogP contribution in [0.3, 0.4) is 0 Å². The molecule has 0 fully saturated rings. The van der Waals surface area contributed by atoms with E-state index in [1.165, 1.54) is 34.2 Å². The summed E-state index contributed by atoms with van der Waals surface area (Å²) in [6.07, 6.45) is 3.31. The minimum Gasteiger partial charge on any atom is -0.493 e. The molecule has 9 nitrogen and oxygen atoms in total. The van der Waals surface area contributed by atoms with Gasteiger partial charge in [0.25, 0.3) is 11.8 Å². The van der Waals surface area contributed by atoms with Crippen molar-refractivity contribution in [3.05, 3.63) is 106 Å². The van der Waals surface area contributed by atoms with Crippen LogP contribution in [0.2, 0.25) is 0 Å². The number of aromatic nitrogens is 2. The van der Waals surface area contributed by atoms with Crippen molar-refractivity contribution in [1.29, 1.82) is 0 Å². The molecule has 2 amide bonds. The third-order valence-electron chi connectivity index (χ3n) is 7.53. The van der Waals surface area contributed by atoms with E-state index in [0.717, 1.165) is 44.0 Å². The van der Waals surface area contributed by atoms with Gasteiger partial charge in [-0.3, -0.25) is 19.5 Å². The van der Waals surface area contributed by atoms with Crippen LogP contribution in [0.15, 0.2) is 78.3 Å². The highest BCUT2D eigenvalue weighted by Gasteiger charge is 2.20. The summed E-state index contributed by atoms with van der Waals surface area (Å²) in [5.41, 5.74) is 6.41. The molecule has 0 unspecified atom stereocenters. The molecule has 0 atom stereocenters. The molecule has 10 heteroatoms. The van der Waals surface area contributed by atoms with E-state index < -0.39 is 5.91 Å². The highest BCUT2D eigenvalue weighted by Crippen LogP contribution is 2.33. The van der Waals surface area contributed by atoms with Gasteiger partial charge in [0.1, 0.15) is 10.6 Å². The average Bonchev–Trinajstić information content (AvgIpc) is 3.51. The second kappa shape index (κ2) is 12.6. The Morgan fingerprint density at radius 3 is 2.42 bits per heavy atom. The quantitative estimate of drug-likeness (QED) is 0.222. The lowest BCUT2D eigenvalue weighted by molar-refractivity contribution is 0.102. The molecule has 1 aliphatic heterocycles. The maximum absolute atomic E-state index is 13.1. The number of hydrogen-bond acceptors (Lipinski definition) is 8. The second-order valence-electron chi connectivity index (χ2n) is 10.3. The van der Waals surface area contributed by atoms with Crippen molar-refractivity contribution in [1.82, 2.24) is 14.9 Å². The molecule has 2 N–H and O–H groups in total. The lowest BCUT2D eigenvalue weighted by atomic mass is 9.98. The van der Waals surface area contributed by atoms with Crippen molar-refractivity contribution in [2.45, 2.75) is 19.4 Å². The predicted octanol–water partition coefficient (Wildman–Crippen LogP) is 5.81. The topological polar surface area (TPSA) is 106 Å². The molecule has 0 spiro atoms. The molecule has 6 rings (SSSR count). The van der Waals surface area contributed by atoms with Crippen LogP contribution < -0.4 is 20.1 Å². The van der Waals surface area contributed by atoms with Crippen LogP contribution in [-0.2, 0) is 19.4 Å². The minimum absolute atomic E-state index is 0.181. The van der Waals surface area contributed by atoms with E-state index in [-0.39, 0.29) is 11.6 Å². The smallest absolute Gasteiger partial charge is 0.275 e. The Hall–Kier alpha value is -4.80. The summed E-state index contributed by atoms with van der Waals surface area (Å²) in [5, 5.41) is 7.52. The average molecular weight is 594 g/mol. The van der Waals surface area contributed by atoms with Crippen molar-refractivity contribution in [2.75, 3.05) is 37.9 Å². The van der Waals surface area contributed by atoms with Crippen LogP contribution in [0, 0.1) is 0 Å². The molecule has 5 aromatic rings. The number of fused-ring (bicyclic) bond motifs is 2. The molecule has 0 bridgehead atoms. The first-order valence-corrected chi connectivity index (χ1v) is 14.9. The Morgan fingerprint density at radius 2 is 1.65 bits per heavy atom. The fourth-order valence-corrected chi connectivity index (χ4v) is 5.94. The standard InChI is InChI=1S/C33H31N5O4S/c1-41-29-17-22-12-15-38(20-23(22)18-30(29)42-2)14-11-21-7-9-24(10-8-21)35-33(40)31-27(13-16-43-31)37-32(39)28-19-34-25-5-3-4-6-26(25)36-28/h3-10,13,16-19H,11-12,14-15,20H2,1-2H3,(H,35,40)(H,37,39). The van der Waals surface area contributed by atoms with Gasteiger partial charge in [-0.25, -0.2) is 4.98 Å². The number of methoxy groups -OCH3 is 2. The third kappa shape index (κ3) is 6.35. The Bertz CT molecular complexity index is 1790. The van der Waals surface area contributed by atoms with Gasteiger partial charge in [0.2, 0.25) is 0 Å². The number of nitrogens with zero attached hydrogens (tertiary/aromatic N) is 3. The van der Waals surface area contributed by atoms with Gasteiger partial charge in [0, 0.05) is 25.3 Å². The lowest BCUT2D eigenvalue weighted by Crippen LogP contribution is -2.32.